The molecule has 20 heavy (non-hydrogen) atoms. The largest absolute Gasteiger partial charge is 0.342 e. The number of aromatic amines is 1. The van der Waals surface area contributed by atoms with E-state index in [2.05, 4.69) is 15.3 Å². The van der Waals surface area contributed by atoms with Gasteiger partial charge in [0.25, 0.3) is 0 Å². The van der Waals surface area contributed by atoms with Crippen LogP contribution in [0.2, 0.25) is 0 Å². The van der Waals surface area contributed by atoms with Crippen LogP contribution in [0.3, 0.4) is 0 Å². The monoisotopic (exact) mass is 272 g/mol. The Morgan fingerprint density at radius 2 is 2.20 bits per heavy atom. The molecule has 106 valence electrons. The lowest BCUT2D eigenvalue weighted by Crippen LogP contribution is -2.45. The summed E-state index contributed by atoms with van der Waals surface area (Å²) in [6, 6.07) is 5.69. The van der Waals surface area contributed by atoms with Crippen molar-refractivity contribution in [2.45, 2.75) is 44.6 Å². The maximum atomic E-state index is 11.9. The van der Waals surface area contributed by atoms with Gasteiger partial charge in [-0.05, 0) is 44.9 Å². The number of rotatable bonds is 3. The SMILES string of the molecule is CC(C)(N)C(=O)Nc1ccc2nc(C3CCC3)[nH]c2c1. The second-order valence-corrected chi connectivity index (χ2v) is 6.16. The van der Waals surface area contributed by atoms with E-state index in [1.807, 2.05) is 18.2 Å². The molecule has 1 fully saturated rings. The van der Waals surface area contributed by atoms with E-state index in [9.17, 15) is 4.79 Å². The molecule has 0 bridgehead atoms. The molecule has 0 aliphatic heterocycles. The van der Waals surface area contributed by atoms with Gasteiger partial charge in [-0.3, -0.25) is 4.79 Å². The highest BCUT2D eigenvalue weighted by Gasteiger charge is 2.23. The zero-order valence-electron chi connectivity index (χ0n) is 11.9. The Labute approximate surface area is 118 Å². The smallest absolute Gasteiger partial charge is 0.243 e. The number of carbonyl (C=O) groups excluding carboxylic acids is 1. The molecule has 2 aromatic rings. The summed E-state index contributed by atoms with van der Waals surface area (Å²) in [6.45, 7) is 3.37. The fraction of sp³-hybridized carbons (Fsp3) is 0.467. The molecule has 1 heterocycles. The van der Waals surface area contributed by atoms with Crippen LogP contribution < -0.4 is 11.1 Å². The molecule has 0 saturated heterocycles. The van der Waals surface area contributed by atoms with Crippen molar-refractivity contribution in [1.82, 2.24) is 9.97 Å². The van der Waals surface area contributed by atoms with Crippen molar-refractivity contribution < 1.29 is 4.79 Å². The van der Waals surface area contributed by atoms with Crippen LogP contribution in [0.15, 0.2) is 18.2 Å². The predicted octanol–water partition coefficient (Wildman–Crippen LogP) is 2.51. The molecule has 5 heteroatoms. The van der Waals surface area contributed by atoms with Gasteiger partial charge in [0, 0.05) is 11.6 Å². The molecule has 0 atom stereocenters. The minimum absolute atomic E-state index is 0.199. The Kier molecular flexibility index (Phi) is 3.01. The number of hydrogen-bond acceptors (Lipinski definition) is 3. The first-order valence-corrected chi connectivity index (χ1v) is 7.03. The summed E-state index contributed by atoms with van der Waals surface area (Å²) in [6.07, 6.45) is 3.71. The summed E-state index contributed by atoms with van der Waals surface area (Å²) in [5, 5.41) is 2.83. The highest BCUT2D eigenvalue weighted by atomic mass is 16.2. The van der Waals surface area contributed by atoms with Gasteiger partial charge in [0.05, 0.1) is 16.6 Å². The maximum Gasteiger partial charge on any atom is 0.243 e. The first kappa shape index (κ1) is 13.1. The zero-order chi connectivity index (χ0) is 14.3. The number of carbonyl (C=O) groups is 1. The number of aromatic nitrogens is 2. The highest BCUT2D eigenvalue weighted by Crippen LogP contribution is 2.35. The third kappa shape index (κ3) is 2.41. The Morgan fingerprint density at radius 3 is 2.80 bits per heavy atom. The van der Waals surface area contributed by atoms with Crippen LogP contribution in [0.1, 0.15) is 44.9 Å². The molecule has 0 radical (unpaired) electrons. The summed E-state index contributed by atoms with van der Waals surface area (Å²) >= 11 is 0. The number of anilines is 1. The lowest BCUT2D eigenvalue weighted by Gasteiger charge is -2.22. The van der Waals surface area contributed by atoms with Crippen LogP contribution in [0.4, 0.5) is 5.69 Å². The Hall–Kier alpha value is -1.88. The van der Waals surface area contributed by atoms with Crippen LogP contribution in [0.25, 0.3) is 11.0 Å². The molecule has 0 spiro atoms. The van der Waals surface area contributed by atoms with Gasteiger partial charge in [-0.15, -0.1) is 0 Å². The van der Waals surface area contributed by atoms with Gasteiger partial charge >= 0.3 is 0 Å². The third-order valence-electron chi connectivity index (χ3n) is 3.84. The number of nitrogens with one attached hydrogen (secondary N) is 2. The van der Waals surface area contributed by atoms with E-state index < -0.39 is 5.54 Å². The lowest BCUT2D eigenvalue weighted by atomic mass is 9.85. The fourth-order valence-corrected chi connectivity index (χ4v) is 2.27. The molecular formula is C15H20N4O. The van der Waals surface area contributed by atoms with Gasteiger partial charge in [-0.1, -0.05) is 6.42 Å². The molecule has 1 aromatic heterocycles. The van der Waals surface area contributed by atoms with Crippen molar-refractivity contribution in [2.24, 2.45) is 5.73 Å². The normalized spacial score (nSPS) is 16.1. The van der Waals surface area contributed by atoms with E-state index in [0.29, 0.717) is 5.92 Å². The van der Waals surface area contributed by atoms with Crippen molar-refractivity contribution >= 4 is 22.6 Å². The van der Waals surface area contributed by atoms with E-state index in [0.717, 1.165) is 22.5 Å². The Bertz CT molecular complexity index is 649. The number of benzene rings is 1. The Morgan fingerprint density at radius 1 is 1.45 bits per heavy atom. The van der Waals surface area contributed by atoms with Crippen molar-refractivity contribution in [3.8, 4) is 0 Å². The van der Waals surface area contributed by atoms with Gasteiger partial charge in [-0.25, -0.2) is 4.98 Å². The summed E-state index contributed by atoms with van der Waals surface area (Å²) in [5.74, 6) is 1.44. The topological polar surface area (TPSA) is 83.8 Å². The highest BCUT2D eigenvalue weighted by molar-refractivity contribution is 5.98. The van der Waals surface area contributed by atoms with Crippen LogP contribution in [0, 0.1) is 0 Å². The molecule has 1 saturated carbocycles. The summed E-state index contributed by atoms with van der Waals surface area (Å²) < 4.78 is 0. The number of fused-ring (bicyclic) bond motifs is 1. The first-order chi connectivity index (χ1) is 9.43. The second kappa shape index (κ2) is 4.59. The number of imidazole rings is 1. The van der Waals surface area contributed by atoms with E-state index in [1.54, 1.807) is 13.8 Å². The van der Waals surface area contributed by atoms with Crippen molar-refractivity contribution in [1.29, 1.82) is 0 Å². The number of H-pyrrole nitrogens is 1. The molecular weight excluding hydrogens is 252 g/mol. The van der Waals surface area contributed by atoms with Gasteiger partial charge in [-0.2, -0.15) is 0 Å². The van der Waals surface area contributed by atoms with Gasteiger partial charge in [0.2, 0.25) is 5.91 Å². The van der Waals surface area contributed by atoms with Gasteiger partial charge < -0.3 is 16.0 Å². The van der Waals surface area contributed by atoms with Crippen LogP contribution in [0.5, 0.6) is 0 Å². The standard InChI is InChI=1S/C15H20N4O/c1-15(2,16)14(20)17-10-6-7-11-12(8-10)19-13(18-11)9-4-3-5-9/h6-9H,3-5,16H2,1-2H3,(H,17,20)(H,18,19). The molecule has 1 aromatic carbocycles. The van der Waals surface area contributed by atoms with Crippen LogP contribution in [-0.4, -0.2) is 21.4 Å². The molecule has 4 N–H and O–H groups in total. The summed E-state index contributed by atoms with van der Waals surface area (Å²) in [4.78, 5) is 19.8. The maximum absolute atomic E-state index is 11.9. The number of amides is 1. The average Bonchev–Trinajstić information content (AvgIpc) is 2.67. The summed E-state index contributed by atoms with van der Waals surface area (Å²) in [5.41, 5.74) is 7.53. The minimum atomic E-state index is -0.889. The van der Waals surface area contributed by atoms with Crippen LogP contribution in [-0.2, 0) is 4.79 Å². The molecule has 1 amide bonds. The van der Waals surface area contributed by atoms with Crippen molar-refractivity contribution in [3.05, 3.63) is 24.0 Å². The molecule has 3 rings (SSSR count). The summed E-state index contributed by atoms with van der Waals surface area (Å²) in [7, 11) is 0. The predicted molar refractivity (Wildman–Crippen MR) is 79.6 cm³/mol. The first-order valence-electron chi connectivity index (χ1n) is 7.03. The van der Waals surface area contributed by atoms with E-state index in [4.69, 9.17) is 5.73 Å². The molecule has 1 aliphatic carbocycles. The minimum Gasteiger partial charge on any atom is -0.342 e. The number of nitrogens with two attached hydrogens (primary N) is 1. The quantitative estimate of drug-likeness (QED) is 0.802. The van der Waals surface area contributed by atoms with E-state index >= 15 is 0 Å². The van der Waals surface area contributed by atoms with E-state index in [1.165, 1.54) is 19.3 Å². The second-order valence-electron chi connectivity index (χ2n) is 6.16. The number of hydrogen-bond donors (Lipinski definition) is 3. The Balaban J connectivity index is 1.84. The average molecular weight is 272 g/mol. The van der Waals surface area contributed by atoms with Crippen molar-refractivity contribution in [2.75, 3.05) is 5.32 Å². The number of nitrogens with zero attached hydrogens (tertiary/aromatic N) is 1. The van der Waals surface area contributed by atoms with Gasteiger partial charge in [0.1, 0.15) is 5.82 Å². The van der Waals surface area contributed by atoms with Crippen molar-refractivity contribution in [3.63, 3.8) is 0 Å². The zero-order valence-corrected chi connectivity index (χ0v) is 11.9. The lowest BCUT2D eigenvalue weighted by molar-refractivity contribution is -0.120. The van der Waals surface area contributed by atoms with E-state index in [-0.39, 0.29) is 5.91 Å². The molecule has 1 aliphatic rings. The molecule has 0 unspecified atom stereocenters. The molecule has 5 nitrogen and oxygen atoms in total. The third-order valence-corrected chi connectivity index (χ3v) is 3.84. The fourth-order valence-electron chi connectivity index (χ4n) is 2.27. The van der Waals surface area contributed by atoms with Crippen LogP contribution >= 0.6 is 0 Å². The van der Waals surface area contributed by atoms with Gasteiger partial charge in [0.15, 0.2) is 0 Å².